The van der Waals surface area contributed by atoms with Crippen molar-refractivity contribution in [2.24, 2.45) is 7.05 Å². The van der Waals surface area contributed by atoms with Gasteiger partial charge in [0.1, 0.15) is 11.5 Å². The molecule has 0 saturated carbocycles. The van der Waals surface area contributed by atoms with E-state index in [4.69, 9.17) is 26.2 Å². The van der Waals surface area contributed by atoms with Gasteiger partial charge in [-0.2, -0.15) is 5.10 Å². The normalized spacial score (nSPS) is 15.2. The molecule has 1 aromatic carbocycles. The zero-order chi connectivity index (χ0) is 15.4. The van der Waals surface area contributed by atoms with E-state index in [1.165, 1.54) is 0 Å². The van der Waals surface area contributed by atoms with Crippen LogP contribution in [-0.2, 0) is 19.9 Å². The molecule has 0 saturated heterocycles. The molecule has 114 valence electrons. The van der Waals surface area contributed by atoms with Gasteiger partial charge in [0.25, 0.3) is 0 Å². The molecular weight excluding hydrogens is 308 g/mol. The van der Waals surface area contributed by atoms with Gasteiger partial charge in [0, 0.05) is 36.6 Å². The summed E-state index contributed by atoms with van der Waals surface area (Å²) in [5, 5.41) is 13.8. The summed E-state index contributed by atoms with van der Waals surface area (Å²) in [7, 11) is 1.72. The summed E-state index contributed by atoms with van der Waals surface area (Å²) < 4.78 is 13.0. The van der Waals surface area contributed by atoms with Gasteiger partial charge in [-0.05, 0) is 6.07 Å². The number of aromatic nitrogens is 2. The van der Waals surface area contributed by atoms with Gasteiger partial charge in [0.2, 0.25) is 0 Å². The van der Waals surface area contributed by atoms with Crippen LogP contribution in [0.25, 0.3) is 11.3 Å². The largest absolute Gasteiger partial charge is 0.492 e. The van der Waals surface area contributed by atoms with Crippen LogP contribution in [0.4, 0.5) is 0 Å². The van der Waals surface area contributed by atoms with Gasteiger partial charge >= 0.3 is 5.97 Å². The second kappa shape index (κ2) is 4.64. The number of nitrogens with zero attached hydrogens (tertiary/aromatic N) is 2. The van der Waals surface area contributed by atoms with Crippen molar-refractivity contribution in [3.8, 4) is 22.8 Å². The van der Waals surface area contributed by atoms with Crippen LogP contribution in [0.2, 0.25) is 5.02 Å². The third-order valence-electron chi connectivity index (χ3n) is 4.09. The number of aromatic carboxylic acids is 1. The van der Waals surface area contributed by atoms with Crippen LogP contribution in [0.15, 0.2) is 6.07 Å². The fraction of sp³-hybridized carbons (Fsp3) is 0.333. The van der Waals surface area contributed by atoms with Gasteiger partial charge in [-0.1, -0.05) is 11.6 Å². The summed E-state index contributed by atoms with van der Waals surface area (Å²) in [5.41, 5.74) is 3.45. The van der Waals surface area contributed by atoms with Crippen molar-refractivity contribution in [1.82, 2.24) is 9.78 Å². The van der Waals surface area contributed by atoms with Crippen LogP contribution in [-0.4, -0.2) is 34.1 Å². The molecule has 0 aliphatic carbocycles. The van der Waals surface area contributed by atoms with Crippen molar-refractivity contribution in [3.05, 3.63) is 27.9 Å². The maximum atomic E-state index is 11.2. The molecule has 2 aliphatic rings. The Bertz CT molecular complexity index is 777. The first-order valence-corrected chi connectivity index (χ1v) is 7.36. The minimum atomic E-state index is -1.05. The minimum absolute atomic E-state index is 0.00635. The SMILES string of the molecule is Cn1nc(C(=O)O)cc1-c1c2c(c(Cl)c3c1OCC3)OCC2. The molecule has 0 spiro atoms. The van der Waals surface area contributed by atoms with Gasteiger partial charge in [-0.15, -0.1) is 0 Å². The lowest BCUT2D eigenvalue weighted by molar-refractivity contribution is 0.0689. The van der Waals surface area contributed by atoms with Gasteiger partial charge in [-0.25, -0.2) is 4.79 Å². The Morgan fingerprint density at radius 1 is 1.27 bits per heavy atom. The van der Waals surface area contributed by atoms with E-state index in [2.05, 4.69) is 5.10 Å². The topological polar surface area (TPSA) is 73.6 Å². The molecule has 2 aliphatic heterocycles. The molecule has 6 nitrogen and oxygen atoms in total. The number of fused-ring (bicyclic) bond motifs is 2. The molecule has 3 heterocycles. The summed E-state index contributed by atoms with van der Waals surface area (Å²) in [4.78, 5) is 11.2. The fourth-order valence-corrected chi connectivity index (χ4v) is 3.48. The average Bonchev–Trinajstić information content (AvgIpc) is 3.19. The lowest BCUT2D eigenvalue weighted by Gasteiger charge is -2.14. The van der Waals surface area contributed by atoms with Crippen LogP contribution in [0.1, 0.15) is 21.6 Å². The van der Waals surface area contributed by atoms with E-state index >= 15 is 0 Å². The average molecular weight is 321 g/mol. The number of hydrogen-bond donors (Lipinski definition) is 1. The molecule has 0 radical (unpaired) electrons. The smallest absolute Gasteiger partial charge is 0.356 e. The number of halogens is 1. The zero-order valence-corrected chi connectivity index (χ0v) is 12.6. The highest BCUT2D eigenvalue weighted by Gasteiger charge is 2.33. The summed E-state index contributed by atoms with van der Waals surface area (Å²) >= 11 is 6.43. The van der Waals surface area contributed by atoms with E-state index in [0.29, 0.717) is 36.1 Å². The van der Waals surface area contributed by atoms with Crippen LogP contribution in [0.5, 0.6) is 11.5 Å². The third-order valence-corrected chi connectivity index (χ3v) is 4.49. The van der Waals surface area contributed by atoms with E-state index in [1.807, 2.05) is 0 Å². The van der Waals surface area contributed by atoms with Crippen LogP contribution >= 0.6 is 11.6 Å². The molecule has 2 aromatic rings. The van der Waals surface area contributed by atoms with Crippen molar-refractivity contribution < 1.29 is 19.4 Å². The van der Waals surface area contributed by atoms with Crippen molar-refractivity contribution in [1.29, 1.82) is 0 Å². The van der Waals surface area contributed by atoms with Crippen molar-refractivity contribution in [3.63, 3.8) is 0 Å². The predicted molar refractivity (Wildman–Crippen MR) is 79.0 cm³/mol. The van der Waals surface area contributed by atoms with E-state index in [0.717, 1.165) is 28.9 Å². The molecular formula is C15H13ClN2O4. The number of benzene rings is 1. The first kappa shape index (κ1) is 13.5. The predicted octanol–water partition coefficient (Wildman–Crippen LogP) is 2.31. The number of hydrogen-bond acceptors (Lipinski definition) is 4. The highest BCUT2D eigenvalue weighted by atomic mass is 35.5. The molecule has 1 N–H and O–H groups in total. The lowest BCUT2D eigenvalue weighted by Crippen LogP contribution is -2.00. The molecule has 0 atom stereocenters. The van der Waals surface area contributed by atoms with E-state index in [-0.39, 0.29) is 5.69 Å². The standard InChI is InChI=1S/C15H13ClN2O4/c1-18-10(6-9(17-18)15(19)20)11-7-2-4-22-14(7)12(16)8-3-5-21-13(8)11/h6H,2-5H2,1H3,(H,19,20). The second-order valence-corrected chi connectivity index (χ2v) is 5.72. The Morgan fingerprint density at radius 2 is 1.95 bits per heavy atom. The Morgan fingerprint density at radius 3 is 2.64 bits per heavy atom. The summed E-state index contributed by atoms with van der Waals surface area (Å²) in [6.45, 7) is 1.13. The first-order valence-electron chi connectivity index (χ1n) is 6.98. The Labute approximate surface area is 131 Å². The molecule has 0 bridgehead atoms. The second-order valence-electron chi connectivity index (χ2n) is 5.34. The van der Waals surface area contributed by atoms with Crippen molar-refractivity contribution in [2.75, 3.05) is 13.2 Å². The summed E-state index contributed by atoms with van der Waals surface area (Å²) in [6, 6.07) is 1.56. The Balaban J connectivity index is 2.02. The first-order chi connectivity index (χ1) is 10.6. The van der Waals surface area contributed by atoms with Crippen LogP contribution < -0.4 is 9.47 Å². The van der Waals surface area contributed by atoms with Gasteiger partial charge < -0.3 is 14.6 Å². The highest BCUT2D eigenvalue weighted by Crippen LogP contribution is 2.50. The third kappa shape index (κ3) is 1.73. The number of aryl methyl sites for hydroxylation is 1. The lowest BCUT2D eigenvalue weighted by atomic mass is 9.97. The van der Waals surface area contributed by atoms with E-state index in [9.17, 15) is 4.79 Å². The number of carboxylic acid groups (broad SMARTS) is 1. The fourth-order valence-electron chi connectivity index (χ4n) is 3.13. The van der Waals surface area contributed by atoms with Gasteiger partial charge in [0.05, 0.1) is 23.9 Å². The molecule has 0 amide bonds. The quantitative estimate of drug-likeness (QED) is 0.919. The highest BCUT2D eigenvalue weighted by molar-refractivity contribution is 6.33. The Hall–Kier alpha value is -2.21. The molecule has 1 aromatic heterocycles. The monoisotopic (exact) mass is 320 g/mol. The van der Waals surface area contributed by atoms with Crippen molar-refractivity contribution in [2.45, 2.75) is 12.8 Å². The van der Waals surface area contributed by atoms with Gasteiger partial charge in [0.15, 0.2) is 5.69 Å². The maximum Gasteiger partial charge on any atom is 0.356 e. The van der Waals surface area contributed by atoms with Gasteiger partial charge in [-0.3, -0.25) is 4.68 Å². The van der Waals surface area contributed by atoms with E-state index < -0.39 is 5.97 Å². The maximum absolute atomic E-state index is 11.2. The number of carbonyl (C=O) groups is 1. The Kier molecular flexibility index (Phi) is 2.84. The minimum Gasteiger partial charge on any atom is -0.492 e. The number of ether oxygens (including phenoxy) is 2. The molecule has 7 heteroatoms. The molecule has 0 fully saturated rings. The zero-order valence-electron chi connectivity index (χ0n) is 11.9. The van der Waals surface area contributed by atoms with Crippen LogP contribution in [0, 0.1) is 0 Å². The molecule has 22 heavy (non-hydrogen) atoms. The van der Waals surface area contributed by atoms with Crippen molar-refractivity contribution >= 4 is 17.6 Å². The summed E-state index contributed by atoms with van der Waals surface area (Å²) in [5.74, 6) is 0.370. The molecule has 4 rings (SSSR count). The number of rotatable bonds is 2. The molecule has 0 unspecified atom stereocenters. The summed E-state index contributed by atoms with van der Waals surface area (Å²) in [6.07, 6.45) is 1.44. The van der Waals surface area contributed by atoms with E-state index in [1.54, 1.807) is 17.8 Å². The van der Waals surface area contributed by atoms with Crippen LogP contribution in [0.3, 0.4) is 0 Å². The number of carboxylic acids is 1.